The lowest BCUT2D eigenvalue weighted by molar-refractivity contribution is -0.134. The number of fused-ring (bicyclic) bond motifs is 1. The molecule has 4 rings (SSSR count). The van der Waals surface area contributed by atoms with Gasteiger partial charge in [-0.15, -0.1) is 0 Å². The molecule has 32 heavy (non-hydrogen) atoms. The smallest absolute Gasteiger partial charge is 0.255 e. The van der Waals surface area contributed by atoms with Gasteiger partial charge in [0.05, 0.1) is 16.7 Å². The molecule has 0 radical (unpaired) electrons. The molecule has 2 aliphatic rings. The molecule has 7 nitrogen and oxygen atoms in total. The van der Waals surface area contributed by atoms with Crippen molar-refractivity contribution in [3.05, 3.63) is 72.1 Å². The summed E-state index contributed by atoms with van der Waals surface area (Å²) >= 11 is 0. The number of nitrogens with zero attached hydrogens (tertiary/aromatic N) is 2. The third-order valence-electron chi connectivity index (χ3n) is 6.09. The Balaban J connectivity index is 1.49. The number of allylic oxidation sites excluding steroid dienone is 1. The highest BCUT2D eigenvalue weighted by atomic mass is 16.5. The predicted molar refractivity (Wildman–Crippen MR) is 122 cm³/mol. The number of hydrogen-bond donors (Lipinski definition) is 2. The van der Waals surface area contributed by atoms with E-state index in [-0.39, 0.29) is 11.8 Å². The lowest BCUT2D eigenvalue weighted by Gasteiger charge is -2.41. The molecule has 2 aromatic rings. The van der Waals surface area contributed by atoms with Crippen molar-refractivity contribution < 1.29 is 14.3 Å². The predicted octanol–water partition coefficient (Wildman–Crippen LogP) is 2.55. The van der Waals surface area contributed by atoms with Gasteiger partial charge in [-0.25, -0.2) is 0 Å². The number of aromatic nitrogens is 1. The molecule has 1 atom stereocenters. The fraction of sp³-hybridized carbons (Fsp3) is 0.400. The van der Waals surface area contributed by atoms with Crippen LogP contribution in [0.5, 0.6) is 5.75 Å². The number of ether oxygens (including phenoxy) is 1. The summed E-state index contributed by atoms with van der Waals surface area (Å²) in [5.74, 6) is 0.398. The summed E-state index contributed by atoms with van der Waals surface area (Å²) in [6.07, 6.45) is 8.21. The third kappa shape index (κ3) is 5.34. The molecule has 2 aliphatic heterocycles. The molecule has 0 saturated carbocycles. The fourth-order valence-corrected chi connectivity index (χ4v) is 4.46. The van der Waals surface area contributed by atoms with Crippen molar-refractivity contribution in [2.24, 2.45) is 5.41 Å². The van der Waals surface area contributed by atoms with Crippen molar-refractivity contribution in [1.29, 1.82) is 0 Å². The Kier molecular flexibility index (Phi) is 7.17. The van der Waals surface area contributed by atoms with Crippen molar-refractivity contribution in [2.45, 2.75) is 25.8 Å². The van der Waals surface area contributed by atoms with E-state index in [4.69, 9.17) is 4.74 Å². The number of carbonyl (C=O) groups is 2. The van der Waals surface area contributed by atoms with Crippen LogP contribution in [-0.2, 0) is 11.3 Å². The number of hydrogen-bond acceptors (Lipinski definition) is 5. The quantitative estimate of drug-likeness (QED) is 0.710. The molecule has 3 heterocycles. The minimum absolute atomic E-state index is 0.0421. The Morgan fingerprint density at radius 2 is 1.88 bits per heavy atom. The zero-order valence-electron chi connectivity index (χ0n) is 18.3. The van der Waals surface area contributed by atoms with Crippen LogP contribution in [0.4, 0.5) is 0 Å². The standard InChI is InChI=1S/C25H30N4O3/c30-23-21-9-1-2-10-22(21)32-17-6-4-11-25(24(31)28-15-14-27-23)12-7-16-29(19-25)18-20-8-3-5-13-26-20/h1-6,8-10,13H,7,11-12,14-19H2,(H,27,30)(H,28,31)/b6-4+. The molecule has 2 N–H and O–H groups in total. The fourth-order valence-electron chi connectivity index (χ4n) is 4.46. The number of amides is 2. The molecule has 0 bridgehead atoms. The van der Waals surface area contributed by atoms with E-state index in [0.29, 0.717) is 44.0 Å². The molecular formula is C25H30N4O3. The van der Waals surface area contributed by atoms with Gasteiger partial charge in [0.25, 0.3) is 5.91 Å². The summed E-state index contributed by atoms with van der Waals surface area (Å²) < 4.78 is 5.84. The molecular weight excluding hydrogens is 404 g/mol. The van der Waals surface area contributed by atoms with E-state index in [0.717, 1.165) is 31.6 Å². The van der Waals surface area contributed by atoms with Gasteiger partial charge in [-0.1, -0.05) is 30.4 Å². The summed E-state index contributed by atoms with van der Waals surface area (Å²) in [6, 6.07) is 13.1. The molecule has 7 heteroatoms. The van der Waals surface area contributed by atoms with Crippen molar-refractivity contribution in [1.82, 2.24) is 20.5 Å². The van der Waals surface area contributed by atoms with Gasteiger partial charge in [-0.2, -0.15) is 0 Å². The van der Waals surface area contributed by atoms with Gasteiger partial charge in [-0.3, -0.25) is 19.5 Å². The summed E-state index contributed by atoms with van der Waals surface area (Å²) in [5.41, 5.74) is 1.00. The highest BCUT2D eigenvalue weighted by molar-refractivity contribution is 5.96. The maximum absolute atomic E-state index is 13.3. The van der Waals surface area contributed by atoms with Crippen molar-refractivity contribution in [3.8, 4) is 5.75 Å². The van der Waals surface area contributed by atoms with E-state index in [2.05, 4.69) is 20.5 Å². The van der Waals surface area contributed by atoms with Gasteiger partial charge in [0.15, 0.2) is 0 Å². The first-order chi connectivity index (χ1) is 15.7. The second-order valence-corrected chi connectivity index (χ2v) is 8.41. The van der Waals surface area contributed by atoms with Crippen LogP contribution in [0.1, 0.15) is 35.3 Å². The number of rotatable bonds is 2. The molecule has 1 unspecified atom stereocenters. The number of nitrogens with one attached hydrogen (secondary N) is 2. The molecule has 0 aliphatic carbocycles. The van der Waals surface area contributed by atoms with Crippen LogP contribution < -0.4 is 15.4 Å². The summed E-state index contributed by atoms with van der Waals surface area (Å²) in [7, 11) is 0. The van der Waals surface area contributed by atoms with Crippen molar-refractivity contribution in [3.63, 3.8) is 0 Å². The van der Waals surface area contributed by atoms with Crippen LogP contribution in [-0.4, -0.2) is 54.5 Å². The zero-order chi connectivity index (χ0) is 22.2. The van der Waals surface area contributed by atoms with E-state index in [1.807, 2.05) is 42.5 Å². The Morgan fingerprint density at radius 3 is 2.75 bits per heavy atom. The number of para-hydroxylation sites is 1. The Morgan fingerprint density at radius 1 is 1.03 bits per heavy atom. The topological polar surface area (TPSA) is 83.6 Å². The lowest BCUT2D eigenvalue weighted by Crippen LogP contribution is -2.52. The van der Waals surface area contributed by atoms with Crippen LogP contribution in [0, 0.1) is 5.41 Å². The zero-order valence-corrected chi connectivity index (χ0v) is 18.3. The maximum atomic E-state index is 13.3. The molecule has 1 aromatic heterocycles. The summed E-state index contributed by atoms with van der Waals surface area (Å²) in [4.78, 5) is 32.6. The van der Waals surface area contributed by atoms with E-state index in [1.165, 1.54) is 0 Å². The molecule has 168 valence electrons. The SMILES string of the molecule is O=C1NCCNC(=O)C2(C/C=C/COc3ccccc31)CCCN(Cc1ccccn1)C2. The first-order valence-corrected chi connectivity index (χ1v) is 11.2. The molecule has 1 fully saturated rings. The monoisotopic (exact) mass is 434 g/mol. The molecule has 2 amide bonds. The summed E-state index contributed by atoms with van der Waals surface area (Å²) in [5, 5.41) is 5.94. The first kappa shape index (κ1) is 22.0. The van der Waals surface area contributed by atoms with Gasteiger partial charge in [0.2, 0.25) is 5.91 Å². The van der Waals surface area contributed by atoms with Crippen LogP contribution in [0.15, 0.2) is 60.8 Å². The Labute approximate surface area is 188 Å². The average Bonchev–Trinajstić information content (AvgIpc) is 2.82. The molecule has 1 aromatic carbocycles. The number of carbonyl (C=O) groups excluding carboxylic acids is 2. The van der Waals surface area contributed by atoms with Crippen molar-refractivity contribution in [2.75, 3.05) is 32.8 Å². The number of benzene rings is 1. The van der Waals surface area contributed by atoms with Crippen LogP contribution in [0.3, 0.4) is 0 Å². The first-order valence-electron chi connectivity index (χ1n) is 11.2. The van der Waals surface area contributed by atoms with Gasteiger partial charge >= 0.3 is 0 Å². The Bertz CT molecular complexity index is 963. The third-order valence-corrected chi connectivity index (χ3v) is 6.09. The van der Waals surface area contributed by atoms with Crippen LogP contribution in [0.25, 0.3) is 0 Å². The van der Waals surface area contributed by atoms with Gasteiger partial charge in [0, 0.05) is 32.4 Å². The molecule has 1 saturated heterocycles. The van der Waals surface area contributed by atoms with E-state index >= 15 is 0 Å². The largest absolute Gasteiger partial charge is 0.489 e. The lowest BCUT2D eigenvalue weighted by atomic mass is 9.76. The number of pyridine rings is 1. The minimum atomic E-state index is -0.504. The number of piperidine rings is 1. The van der Waals surface area contributed by atoms with Gasteiger partial charge in [0.1, 0.15) is 12.4 Å². The van der Waals surface area contributed by atoms with Crippen LogP contribution >= 0.6 is 0 Å². The van der Waals surface area contributed by atoms with E-state index in [9.17, 15) is 9.59 Å². The van der Waals surface area contributed by atoms with Crippen molar-refractivity contribution >= 4 is 11.8 Å². The normalized spacial score (nSPS) is 23.9. The summed E-state index contributed by atoms with van der Waals surface area (Å²) in [6.45, 7) is 3.46. The highest BCUT2D eigenvalue weighted by Crippen LogP contribution is 2.35. The minimum Gasteiger partial charge on any atom is -0.489 e. The second kappa shape index (κ2) is 10.4. The van der Waals surface area contributed by atoms with Crippen LogP contribution in [0.2, 0.25) is 0 Å². The second-order valence-electron chi connectivity index (χ2n) is 8.41. The highest BCUT2D eigenvalue weighted by Gasteiger charge is 2.41. The van der Waals surface area contributed by atoms with E-state index in [1.54, 1.807) is 18.3 Å². The number of likely N-dealkylation sites (tertiary alicyclic amines) is 1. The average molecular weight is 435 g/mol. The Hall–Kier alpha value is -3.19. The molecule has 1 spiro atoms. The van der Waals surface area contributed by atoms with Gasteiger partial charge in [-0.05, 0) is 50.1 Å². The van der Waals surface area contributed by atoms with Gasteiger partial charge < -0.3 is 15.4 Å². The van der Waals surface area contributed by atoms with E-state index < -0.39 is 5.41 Å². The maximum Gasteiger partial charge on any atom is 0.255 e.